The summed E-state index contributed by atoms with van der Waals surface area (Å²) in [6, 6.07) is 5.34. The second-order valence-electron chi connectivity index (χ2n) is 4.75. The van der Waals surface area contributed by atoms with Crippen LogP contribution in [0.5, 0.6) is 0 Å². The van der Waals surface area contributed by atoms with Gasteiger partial charge >= 0.3 is 0 Å². The zero-order chi connectivity index (χ0) is 11.5. The number of halogens is 1. The molecule has 3 heteroatoms. The fraction of sp³-hybridized carbons (Fsp3) is 0.615. The molecule has 1 aliphatic rings. The van der Waals surface area contributed by atoms with Crippen LogP contribution in [-0.4, -0.2) is 22.0 Å². The topological polar surface area (TPSA) is 16.1 Å². The van der Waals surface area contributed by atoms with E-state index in [9.17, 15) is 0 Å². The predicted molar refractivity (Wildman–Crippen MR) is 67.6 cm³/mol. The van der Waals surface area contributed by atoms with Crippen LogP contribution in [0.2, 0.25) is 5.15 Å². The van der Waals surface area contributed by atoms with Gasteiger partial charge in [-0.1, -0.05) is 24.1 Å². The predicted octanol–water partition coefficient (Wildman–Crippen LogP) is 3.50. The fourth-order valence-electron chi connectivity index (χ4n) is 2.52. The highest BCUT2D eigenvalue weighted by atomic mass is 35.5. The number of rotatable bonds is 2. The molecule has 1 aromatic rings. The third kappa shape index (κ3) is 2.55. The molecule has 0 aliphatic carbocycles. The van der Waals surface area contributed by atoms with Gasteiger partial charge in [0, 0.05) is 30.4 Å². The van der Waals surface area contributed by atoms with Crippen molar-refractivity contribution in [3.63, 3.8) is 0 Å². The molecule has 2 nitrogen and oxygen atoms in total. The summed E-state index contributed by atoms with van der Waals surface area (Å²) < 4.78 is 0. The number of nitrogens with zero attached hydrogens (tertiary/aromatic N) is 2. The second-order valence-corrected chi connectivity index (χ2v) is 5.11. The van der Waals surface area contributed by atoms with E-state index >= 15 is 0 Å². The smallest absolute Gasteiger partial charge is 0.133 e. The highest BCUT2D eigenvalue weighted by molar-refractivity contribution is 6.30. The van der Waals surface area contributed by atoms with Crippen molar-refractivity contribution in [2.24, 2.45) is 0 Å². The van der Waals surface area contributed by atoms with Gasteiger partial charge in [-0.2, -0.15) is 0 Å². The van der Waals surface area contributed by atoms with E-state index in [0.717, 1.165) is 12.1 Å². The molecule has 1 saturated heterocycles. The number of aromatic nitrogens is 1. The molecule has 0 spiro atoms. The van der Waals surface area contributed by atoms with Crippen molar-refractivity contribution in [2.45, 2.75) is 51.7 Å². The van der Waals surface area contributed by atoms with E-state index in [1.807, 2.05) is 6.07 Å². The van der Waals surface area contributed by atoms with Gasteiger partial charge in [0.05, 0.1) is 0 Å². The minimum absolute atomic E-state index is 0.646. The molecule has 88 valence electrons. The van der Waals surface area contributed by atoms with Crippen molar-refractivity contribution in [1.82, 2.24) is 9.88 Å². The highest BCUT2D eigenvalue weighted by Gasteiger charge is 2.25. The van der Waals surface area contributed by atoms with E-state index < -0.39 is 0 Å². The lowest BCUT2D eigenvalue weighted by molar-refractivity contribution is 0.0952. The van der Waals surface area contributed by atoms with Gasteiger partial charge in [-0.05, 0) is 32.8 Å². The maximum absolute atomic E-state index is 6.10. The first kappa shape index (κ1) is 11.9. The van der Waals surface area contributed by atoms with Crippen LogP contribution in [0.25, 0.3) is 0 Å². The number of hydrogen-bond acceptors (Lipinski definition) is 2. The van der Waals surface area contributed by atoms with Crippen LogP contribution >= 0.6 is 11.6 Å². The minimum atomic E-state index is 0.646. The Bertz CT molecular complexity index is 344. The molecule has 0 amide bonds. The van der Waals surface area contributed by atoms with E-state index in [0.29, 0.717) is 17.2 Å². The van der Waals surface area contributed by atoms with Gasteiger partial charge < -0.3 is 0 Å². The normalized spacial score (nSPS) is 26.9. The number of likely N-dealkylation sites (tertiary alicyclic amines) is 1. The van der Waals surface area contributed by atoms with E-state index in [4.69, 9.17) is 11.6 Å². The molecule has 0 aromatic carbocycles. The van der Waals surface area contributed by atoms with Crippen LogP contribution < -0.4 is 0 Å². The van der Waals surface area contributed by atoms with Gasteiger partial charge in [-0.15, -0.1) is 0 Å². The zero-order valence-electron chi connectivity index (χ0n) is 9.99. The molecule has 2 rings (SSSR count). The highest BCUT2D eigenvalue weighted by Crippen LogP contribution is 2.25. The molecular weight excluding hydrogens is 220 g/mol. The van der Waals surface area contributed by atoms with Crippen molar-refractivity contribution in [2.75, 3.05) is 0 Å². The second kappa shape index (κ2) is 5.15. The van der Waals surface area contributed by atoms with Gasteiger partial charge in [-0.3, -0.25) is 4.90 Å². The van der Waals surface area contributed by atoms with Crippen LogP contribution in [0.3, 0.4) is 0 Å². The molecule has 0 bridgehead atoms. The summed E-state index contributed by atoms with van der Waals surface area (Å²) in [6.07, 6.45) is 5.68. The molecule has 0 radical (unpaired) electrons. The Balaban J connectivity index is 2.11. The molecule has 2 atom stereocenters. The molecular formula is C13H19ClN2. The van der Waals surface area contributed by atoms with E-state index in [-0.39, 0.29) is 0 Å². The van der Waals surface area contributed by atoms with Crippen LogP contribution in [0.4, 0.5) is 0 Å². The average molecular weight is 239 g/mol. The molecule has 2 heterocycles. The van der Waals surface area contributed by atoms with Crippen molar-refractivity contribution in [3.8, 4) is 0 Å². The first-order chi connectivity index (χ1) is 7.68. The molecule has 2 unspecified atom stereocenters. The summed E-state index contributed by atoms with van der Waals surface area (Å²) in [4.78, 5) is 6.67. The molecule has 0 saturated carbocycles. The van der Waals surface area contributed by atoms with Gasteiger partial charge in [0.25, 0.3) is 0 Å². The van der Waals surface area contributed by atoms with Crippen LogP contribution in [0.1, 0.15) is 38.7 Å². The molecule has 1 fully saturated rings. The standard InChI is InChI=1S/C13H19ClN2/c1-10-5-3-6-11(2)16(10)9-12-7-4-8-15-13(12)14/h4,7-8,10-11H,3,5-6,9H2,1-2H3. The summed E-state index contributed by atoms with van der Waals surface area (Å²) in [7, 11) is 0. The Morgan fingerprint density at radius 1 is 1.38 bits per heavy atom. The molecule has 16 heavy (non-hydrogen) atoms. The summed E-state index contributed by atoms with van der Waals surface area (Å²) >= 11 is 6.10. The maximum atomic E-state index is 6.10. The Kier molecular flexibility index (Phi) is 3.82. The van der Waals surface area contributed by atoms with Crippen molar-refractivity contribution in [3.05, 3.63) is 29.0 Å². The number of hydrogen-bond donors (Lipinski definition) is 0. The third-order valence-electron chi connectivity index (χ3n) is 3.57. The van der Waals surface area contributed by atoms with Gasteiger partial charge in [0.2, 0.25) is 0 Å². The Morgan fingerprint density at radius 2 is 2.06 bits per heavy atom. The van der Waals surface area contributed by atoms with Crippen molar-refractivity contribution in [1.29, 1.82) is 0 Å². The average Bonchev–Trinajstić information content (AvgIpc) is 2.26. The first-order valence-corrected chi connectivity index (χ1v) is 6.41. The Morgan fingerprint density at radius 3 is 2.69 bits per heavy atom. The maximum Gasteiger partial charge on any atom is 0.133 e. The quantitative estimate of drug-likeness (QED) is 0.734. The number of pyridine rings is 1. The van der Waals surface area contributed by atoms with Crippen LogP contribution in [-0.2, 0) is 6.54 Å². The zero-order valence-corrected chi connectivity index (χ0v) is 10.7. The third-order valence-corrected chi connectivity index (χ3v) is 3.91. The largest absolute Gasteiger partial charge is 0.294 e. The van der Waals surface area contributed by atoms with Crippen LogP contribution in [0.15, 0.2) is 18.3 Å². The lowest BCUT2D eigenvalue weighted by atomic mass is 9.97. The minimum Gasteiger partial charge on any atom is -0.294 e. The lowest BCUT2D eigenvalue weighted by Crippen LogP contribution is -2.43. The lowest BCUT2D eigenvalue weighted by Gasteiger charge is -2.39. The van der Waals surface area contributed by atoms with E-state index in [2.05, 4.69) is 29.8 Å². The van der Waals surface area contributed by atoms with Crippen molar-refractivity contribution < 1.29 is 0 Å². The Labute approximate surface area is 103 Å². The first-order valence-electron chi connectivity index (χ1n) is 6.03. The molecule has 1 aromatic heterocycles. The summed E-state index contributed by atoms with van der Waals surface area (Å²) in [5, 5.41) is 0.646. The summed E-state index contributed by atoms with van der Waals surface area (Å²) in [6.45, 7) is 5.54. The van der Waals surface area contributed by atoms with E-state index in [1.54, 1.807) is 6.20 Å². The fourth-order valence-corrected chi connectivity index (χ4v) is 2.70. The van der Waals surface area contributed by atoms with Gasteiger partial charge in [0.15, 0.2) is 0 Å². The SMILES string of the molecule is CC1CCCC(C)N1Cc1cccnc1Cl. The van der Waals surface area contributed by atoms with Gasteiger partial charge in [0.1, 0.15) is 5.15 Å². The van der Waals surface area contributed by atoms with E-state index in [1.165, 1.54) is 19.3 Å². The molecule has 0 N–H and O–H groups in total. The summed E-state index contributed by atoms with van der Waals surface area (Å²) in [5.74, 6) is 0. The summed E-state index contributed by atoms with van der Waals surface area (Å²) in [5.41, 5.74) is 1.14. The monoisotopic (exact) mass is 238 g/mol. The van der Waals surface area contributed by atoms with Gasteiger partial charge in [-0.25, -0.2) is 4.98 Å². The van der Waals surface area contributed by atoms with Crippen molar-refractivity contribution >= 4 is 11.6 Å². The Hall–Kier alpha value is -0.600. The molecule has 1 aliphatic heterocycles. The number of piperidine rings is 1. The van der Waals surface area contributed by atoms with Crippen LogP contribution in [0, 0.1) is 0 Å².